The molecule has 2 aromatic heterocycles. The first kappa shape index (κ1) is 20.3. The van der Waals surface area contributed by atoms with Gasteiger partial charge in [-0.25, -0.2) is 14.8 Å². The first-order valence-corrected chi connectivity index (χ1v) is 11.0. The minimum absolute atomic E-state index is 0.0863. The van der Waals surface area contributed by atoms with Crippen LogP contribution in [0.25, 0.3) is 10.2 Å². The molecule has 4 aromatic rings. The zero-order chi connectivity index (χ0) is 21.1. The molecule has 0 fully saturated rings. The Morgan fingerprint density at radius 1 is 1.03 bits per heavy atom. The van der Waals surface area contributed by atoms with Gasteiger partial charge in [-0.1, -0.05) is 41.1 Å². The molecule has 0 spiro atoms. The Bertz CT molecular complexity index is 1240. The molecule has 30 heavy (non-hydrogen) atoms. The van der Waals surface area contributed by atoms with Crippen molar-refractivity contribution in [1.82, 2.24) is 9.97 Å². The zero-order valence-corrected chi connectivity index (χ0v) is 18.1. The first-order chi connectivity index (χ1) is 14.5. The van der Waals surface area contributed by atoms with Crippen LogP contribution < -0.4 is 16.0 Å². The zero-order valence-electron chi connectivity index (χ0n) is 15.7. The number of nitrogens with zero attached hydrogens (tertiary/aromatic N) is 2. The molecule has 3 N–H and O–H groups in total. The summed E-state index contributed by atoms with van der Waals surface area (Å²) < 4.78 is 1.02. The predicted molar refractivity (Wildman–Crippen MR) is 123 cm³/mol. The summed E-state index contributed by atoms with van der Waals surface area (Å²) in [5, 5.41) is 11.4. The number of hydrogen-bond donors (Lipinski definition) is 3. The molecular weight excluding hydrogens is 442 g/mol. The van der Waals surface area contributed by atoms with E-state index in [2.05, 4.69) is 25.9 Å². The maximum absolute atomic E-state index is 12.4. The Morgan fingerprint density at radius 2 is 1.87 bits per heavy atom. The number of nitrogens with one attached hydrogen (secondary N) is 3. The summed E-state index contributed by atoms with van der Waals surface area (Å²) >= 11 is 8.58. The van der Waals surface area contributed by atoms with Crippen LogP contribution in [-0.2, 0) is 11.2 Å². The minimum atomic E-state index is -0.438. The molecule has 0 saturated carbocycles. The monoisotopic (exact) mass is 457 g/mol. The average molecular weight is 458 g/mol. The summed E-state index contributed by atoms with van der Waals surface area (Å²) in [7, 11) is 0. The van der Waals surface area contributed by atoms with Gasteiger partial charge in [-0.05, 0) is 36.8 Å². The number of halogens is 1. The van der Waals surface area contributed by atoms with E-state index in [1.165, 1.54) is 22.7 Å². The van der Waals surface area contributed by atoms with Crippen molar-refractivity contribution < 1.29 is 9.59 Å². The summed E-state index contributed by atoms with van der Waals surface area (Å²) in [5.74, 6) is -0.216. The van der Waals surface area contributed by atoms with Crippen LogP contribution in [0.3, 0.4) is 0 Å². The van der Waals surface area contributed by atoms with Gasteiger partial charge in [0.05, 0.1) is 22.3 Å². The molecule has 2 heterocycles. The Labute approximate surface area is 185 Å². The van der Waals surface area contributed by atoms with Crippen molar-refractivity contribution in [2.45, 2.75) is 13.3 Å². The number of para-hydroxylation sites is 1. The lowest BCUT2D eigenvalue weighted by Gasteiger charge is -2.05. The third-order valence-electron chi connectivity index (χ3n) is 4.06. The number of fused-ring (bicyclic) bond motifs is 1. The molecule has 10 heteroatoms. The number of anilines is 3. The highest BCUT2D eigenvalue weighted by atomic mass is 35.5. The highest BCUT2D eigenvalue weighted by Gasteiger charge is 2.13. The van der Waals surface area contributed by atoms with Gasteiger partial charge in [0, 0.05) is 16.1 Å². The van der Waals surface area contributed by atoms with Crippen molar-refractivity contribution in [2.75, 3.05) is 16.0 Å². The van der Waals surface area contributed by atoms with Crippen LogP contribution in [0.5, 0.6) is 0 Å². The lowest BCUT2D eigenvalue weighted by atomic mass is 10.2. The highest BCUT2D eigenvalue weighted by molar-refractivity contribution is 7.22. The fourth-order valence-corrected chi connectivity index (χ4v) is 4.59. The smallest absolute Gasteiger partial charge is 0.308 e. The van der Waals surface area contributed by atoms with Gasteiger partial charge in [0.1, 0.15) is 0 Å². The van der Waals surface area contributed by atoms with Crippen LogP contribution >= 0.6 is 34.3 Å². The second-order valence-electron chi connectivity index (χ2n) is 6.40. The number of rotatable bonds is 5. The number of amides is 3. The predicted octanol–water partition coefficient (Wildman–Crippen LogP) is 5.54. The van der Waals surface area contributed by atoms with Crippen molar-refractivity contribution in [2.24, 2.45) is 0 Å². The lowest BCUT2D eigenvalue weighted by Crippen LogP contribution is -2.19. The first-order valence-electron chi connectivity index (χ1n) is 8.90. The van der Waals surface area contributed by atoms with E-state index in [0.29, 0.717) is 26.7 Å². The summed E-state index contributed by atoms with van der Waals surface area (Å²) in [6, 6.07) is 12.3. The van der Waals surface area contributed by atoms with Gasteiger partial charge in [-0.2, -0.15) is 0 Å². The molecule has 152 valence electrons. The molecule has 2 aromatic carbocycles. The molecule has 3 amide bonds. The number of benzene rings is 2. The van der Waals surface area contributed by atoms with Crippen LogP contribution in [0.4, 0.5) is 20.7 Å². The van der Waals surface area contributed by atoms with Gasteiger partial charge in [0.2, 0.25) is 5.91 Å². The number of aryl methyl sites for hydroxylation is 1. The van der Waals surface area contributed by atoms with Gasteiger partial charge in [-0.15, -0.1) is 11.3 Å². The second-order valence-corrected chi connectivity index (χ2v) is 8.72. The van der Waals surface area contributed by atoms with Crippen LogP contribution in [0.15, 0.2) is 47.8 Å². The fourth-order valence-electron chi connectivity index (χ4n) is 2.74. The van der Waals surface area contributed by atoms with Crippen molar-refractivity contribution in [1.29, 1.82) is 0 Å². The molecule has 0 unspecified atom stereocenters. The van der Waals surface area contributed by atoms with Crippen LogP contribution in [-0.4, -0.2) is 21.9 Å². The number of aromatic nitrogens is 2. The molecular formula is C20H16ClN5O2S2. The summed E-state index contributed by atoms with van der Waals surface area (Å²) in [5.41, 5.74) is 3.09. The van der Waals surface area contributed by atoms with Crippen LogP contribution in [0.1, 0.15) is 11.3 Å². The van der Waals surface area contributed by atoms with Crippen LogP contribution in [0.2, 0.25) is 5.02 Å². The standard InChI is InChI=1S/C20H16ClN5O2S2/c1-11-4-2-7-15-17(11)25-20(30-15)24-16(27)9-14-10-29-19(23-14)26-18(28)22-13-6-3-5-12(21)8-13/h2-8,10H,9H2,1H3,(H,24,25,27)(H2,22,23,26,28). The molecule has 4 rings (SSSR count). The largest absolute Gasteiger partial charge is 0.325 e. The van der Waals surface area contributed by atoms with Crippen molar-refractivity contribution in [3.8, 4) is 0 Å². The minimum Gasteiger partial charge on any atom is -0.308 e. The van der Waals surface area contributed by atoms with E-state index in [9.17, 15) is 9.59 Å². The van der Waals surface area contributed by atoms with Gasteiger partial charge in [-0.3, -0.25) is 10.1 Å². The third-order valence-corrected chi connectivity index (χ3v) is 6.04. The molecule has 0 atom stereocenters. The number of thiazole rings is 2. The molecule has 0 aliphatic heterocycles. The molecule has 0 saturated heterocycles. The lowest BCUT2D eigenvalue weighted by molar-refractivity contribution is -0.115. The topological polar surface area (TPSA) is 96.0 Å². The molecule has 7 nitrogen and oxygen atoms in total. The Hall–Kier alpha value is -3.01. The maximum Gasteiger partial charge on any atom is 0.325 e. The molecule has 0 aliphatic rings. The van der Waals surface area contributed by atoms with Gasteiger partial charge < -0.3 is 10.6 Å². The number of carbonyl (C=O) groups excluding carboxylic acids is 2. The van der Waals surface area contributed by atoms with E-state index in [-0.39, 0.29) is 12.3 Å². The third kappa shape index (κ3) is 4.93. The quantitative estimate of drug-likeness (QED) is 0.366. The van der Waals surface area contributed by atoms with E-state index in [1.807, 2.05) is 25.1 Å². The van der Waals surface area contributed by atoms with E-state index in [0.717, 1.165) is 15.8 Å². The van der Waals surface area contributed by atoms with Crippen molar-refractivity contribution in [3.05, 3.63) is 64.1 Å². The molecule has 0 radical (unpaired) electrons. The number of carbonyl (C=O) groups is 2. The Balaban J connectivity index is 1.33. The van der Waals surface area contributed by atoms with Crippen LogP contribution in [0, 0.1) is 6.92 Å². The number of urea groups is 1. The Morgan fingerprint density at radius 3 is 2.67 bits per heavy atom. The van der Waals surface area contributed by atoms with Crippen molar-refractivity contribution >= 4 is 72.4 Å². The van der Waals surface area contributed by atoms with E-state index in [1.54, 1.807) is 29.6 Å². The van der Waals surface area contributed by atoms with E-state index >= 15 is 0 Å². The summed E-state index contributed by atoms with van der Waals surface area (Å²) in [6.07, 6.45) is 0.0863. The van der Waals surface area contributed by atoms with Gasteiger partial charge in [0.25, 0.3) is 0 Å². The molecule has 0 bridgehead atoms. The maximum atomic E-state index is 12.4. The normalized spacial score (nSPS) is 10.7. The molecule has 0 aliphatic carbocycles. The SMILES string of the molecule is Cc1cccc2sc(NC(=O)Cc3csc(NC(=O)Nc4cccc(Cl)c4)n3)nc12. The van der Waals surface area contributed by atoms with E-state index in [4.69, 9.17) is 11.6 Å². The second kappa shape index (κ2) is 8.78. The summed E-state index contributed by atoms with van der Waals surface area (Å²) in [6.45, 7) is 1.99. The van der Waals surface area contributed by atoms with Gasteiger partial charge >= 0.3 is 6.03 Å². The summed E-state index contributed by atoms with van der Waals surface area (Å²) in [4.78, 5) is 33.2. The van der Waals surface area contributed by atoms with E-state index < -0.39 is 6.03 Å². The number of hydrogen-bond acceptors (Lipinski definition) is 6. The Kier molecular flexibility index (Phi) is 5.93. The van der Waals surface area contributed by atoms with Gasteiger partial charge in [0.15, 0.2) is 10.3 Å². The fraction of sp³-hybridized carbons (Fsp3) is 0.100. The highest BCUT2D eigenvalue weighted by Crippen LogP contribution is 2.28. The van der Waals surface area contributed by atoms with Crippen molar-refractivity contribution in [3.63, 3.8) is 0 Å². The average Bonchev–Trinajstić information content (AvgIpc) is 3.28.